The summed E-state index contributed by atoms with van der Waals surface area (Å²) >= 11 is 0. The van der Waals surface area contributed by atoms with Crippen LogP contribution in [0.5, 0.6) is 5.75 Å². The van der Waals surface area contributed by atoms with Crippen LogP contribution >= 0.6 is 0 Å². The van der Waals surface area contributed by atoms with E-state index in [1.165, 1.54) is 18.2 Å². The fourth-order valence-electron chi connectivity index (χ4n) is 1.63. The molecule has 0 amide bonds. The van der Waals surface area contributed by atoms with Crippen LogP contribution in [0.2, 0.25) is 0 Å². The molecule has 1 nitrogen and oxygen atoms in total. The average Bonchev–Trinajstić information content (AvgIpc) is 2.40. The molecule has 2 aromatic rings. The summed E-state index contributed by atoms with van der Waals surface area (Å²) in [5.74, 6) is 5.57. The Kier molecular flexibility index (Phi) is 4.31. The van der Waals surface area contributed by atoms with Crippen LogP contribution in [-0.4, -0.2) is 6.61 Å². The largest absolute Gasteiger partial charge is 0.435 e. The van der Waals surface area contributed by atoms with Gasteiger partial charge in [0.2, 0.25) is 0 Å². The van der Waals surface area contributed by atoms with Gasteiger partial charge in [0.1, 0.15) is 11.6 Å². The molecule has 0 saturated heterocycles. The number of hydrogen-bond acceptors (Lipinski definition) is 1. The predicted octanol–water partition coefficient (Wildman–Crippen LogP) is 4.14. The maximum Gasteiger partial charge on any atom is 0.387 e. The third-order valence-corrected chi connectivity index (χ3v) is 2.59. The lowest BCUT2D eigenvalue weighted by atomic mass is 10.1. The van der Waals surface area contributed by atoms with Gasteiger partial charge >= 0.3 is 6.61 Å². The van der Waals surface area contributed by atoms with E-state index in [4.69, 9.17) is 0 Å². The Morgan fingerprint density at radius 1 is 0.950 bits per heavy atom. The average molecular weight is 276 g/mol. The number of halogens is 3. The molecule has 0 spiro atoms. The minimum Gasteiger partial charge on any atom is -0.435 e. The molecule has 0 aliphatic heterocycles. The number of rotatable bonds is 2. The van der Waals surface area contributed by atoms with Crippen molar-refractivity contribution >= 4 is 0 Å². The van der Waals surface area contributed by atoms with Crippen molar-refractivity contribution in [1.29, 1.82) is 0 Å². The first-order valence-corrected chi connectivity index (χ1v) is 5.87. The van der Waals surface area contributed by atoms with Gasteiger partial charge in [0.05, 0.1) is 0 Å². The van der Waals surface area contributed by atoms with Crippen molar-refractivity contribution in [2.24, 2.45) is 0 Å². The Labute approximate surface area is 115 Å². The predicted molar refractivity (Wildman–Crippen MR) is 70.2 cm³/mol. The fraction of sp³-hybridized carbons (Fsp3) is 0.125. The molecule has 4 heteroatoms. The highest BCUT2D eigenvalue weighted by atomic mass is 19.3. The van der Waals surface area contributed by atoms with Gasteiger partial charge in [-0.15, -0.1) is 0 Å². The van der Waals surface area contributed by atoms with Gasteiger partial charge in [-0.1, -0.05) is 11.8 Å². The molecule has 0 aliphatic carbocycles. The van der Waals surface area contributed by atoms with E-state index in [-0.39, 0.29) is 11.6 Å². The first-order chi connectivity index (χ1) is 9.54. The molecule has 2 aromatic carbocycles. The van der Waals surface area contributed by atoms with E-state index < -0.39 is 6.61 Å². The fourth-order valence-corrected chi connectivity index (χ4v) is 1.63. The summed E-state index contributed by atoms with van der Waals surface area (Å²) in [6, 6.07) is 10.5. The molecule has 0 radical (unpaired) electrons. The maximum atomic E-state index is 12.7. The lowest BCUT2D eigenvalue weighted by molar-refractivity contribution is -0.0502. The third kappa shape index (κ3) is 3.79. The molecule has 0 atom stereocenters. The summed E-state index contributed by atoms with van der Waals surface area (Å²) in [6.45, 7) is -1.18. The zero-order valence-electron chi connectivity index (χ0n) is 10.7. The Morgan fingerprint density at radius 2 is 1.55 bits per heavy atom. The van der Waals surface area contributed by atoms with Crippen LogP contribution < -0.4 is 4.74 Å². The Morgan fingerprint density at radius 3 is 2.15 bits per heavy atom. The van der Waals surface area contributed by atoms with Gasteiger partial charge in [0, 0.05) is 11.1 Å². The Hall–Kier alpha value is -2.41. The normalized spacial score (nSPS) is 10.1. The molecular weight excluding hydrogens is 265 g/mol. The molecule has 0 aromatic heterocycles. The summed E-state index contributed by atoms with van der Waals surface area (Å²) in [4.78, 5) is 0. The van der Waals surface area contributed by atoms with Crippen molar-refractivity contribution < 1.29 is 17.9 Å². The zero-order valence-corrected chi connectivity index (χ0v) is 10.7. The molecule has 2 rings (SSSR count). The highest BCUT2D eigenvalue weighted by Gasteiger charge is 2.06. The van der Waals surface area contributed by atoms with Crippen LogP contribution in [-0.2, 0) is 0 Å². The molecule has 0 fully saturated rings. The van der Waals surface area contributed by atoms with E-state index in [1.54, 1.807) is 31.2 Å². The van der Waals surface area contributed by atoms with Gasteiger partial charge in [0.15, 0.2) is 0 Å². The van der Waals surface area contributed by atoms with E-state index in [9.17, 15) is 13.2 Å². The lowest BCUT2D eigenvalue weighted by Gasteiger charge is -2.07. The second kappa shape index (κ2) is 6.16. The number of alkyl halides is 2. The van der Waals surface area contributed by atoms with Crippen LogP contribution in [0.3, 0.4) is 0 Å². The highest BCUT2D eigenvalue weighted by molar-refractivity contribution is 5.47. The Bertz CT molecular complexity index is 652. The zero-order chi connectivity index (χ0) is 14.5. The number of benzene rings is 2. The van der Waals surface area contributed by atoms with Gasteiger partial charge in [-0.2, -0.15) is 8.78 Å². The van der Waals surface area contributed by atoms with E-state index in [1.807, 2.05) is 0 Å². The minimum absolute atomic E-state index is 0.132. The molecule has 0 bridgehead atoms. The topological polar surface area (TPSA) is 9.23 Å². The molecule has 0 N–H and O–H groups in total. The standard InChI is InChI=1S/C16H11F3O/c1-11-10-13(6-9-15(11)20-16(18)19)3-2-12-4-7-14(17)8-5-12/h4-10,16H,1H3. The second-order valence-electron chi connectivity index (χ2n) is 4.12. The van der Waals surface area contributed by atoms with Crippen molar-refractivity contribution in [3.05, 3.63) is 65.0 Å². The van der Waals surface area contributed by atoms with Gasteiger partial charge in [-0.25, -0.2) is 4.39 Å². The highest BCUT2D eigenvalue weighted by Crippen LogP contribution is 2.20. The van der Waals surface area contributed by atoms with E-state index in [0.717, 1.165) is 0 Å². The summed E-state index contributed by atoms with van der Waals surface area (Å²) in [7, 11) is 0. The molecule has 20 heavy (non-hydrogen) atoms. The minimum atomic E-state index is -2.84. The molecule has 0 aliphatic rings. The SMILES string of the molecule is Cc1cc(C#Cc2ccc(F)cc2)ccc1OC(F)F. The van der Waals surface area contributed by atoms with Crippen LogP contribution in [0.1, 0.15) is 16.7 Å². The van der Waals surface area contributed by atoms with Crippen LogP contribution in [0.25, 0.3) is 0 Å². The number of aryl methyl sites for hydroxylation is 1. The van der Waals surface area contributed by atoms with Crippen molar-refractivity contribution in [3.8, 4) is 17.6 Å². The van der Waals surface area contributed by atoms with Crippen LogP contribution in [0.15, 0.2) is 42.5 Å². The van der Waals surface area contributed by atoms with Gasteiger partial charge in [-0.3, -0.25) is 0 Å². The molecule has 102 valence electrons. The third-order valence-electron chi connectivity index (χ3n) is 2.59. The molecule has 0 heterocycles. The van der Waals surface area contributed by atoms with Gasteiger partial charge < -0.3 is 4.74 Å². The van der Waals surface area contributed by atoms with Crippen molar-refractivity contribution in [2.45, 2.75) is 13.5 Å². The van der Waals surface area contributed by atoms with Crippen LogP contribution in [0, 0.1) is 24.6 Å². The summed E-state index contributed by atoms with van der Waals surface area (Å²) < 4.78 is 41.3. The summed E-state index contributed by atoms with van der Waals surface area (Å²) in [5.41, 5.74) is 1.93. The Balaban J connectivity index is 2.19. The quantitative estimate of drug-likeness (QED) is 0.749. The van der Waals surface area contributed by atoms with E-state index in [0.29, 0.717) is 16.7 Å². The van der Waals surface area contributed by atoms with Gasteiger partial charge in [0.25, 0.3) is 0 Å². The lowest BCUT2D eigenvalue weighted by Crippen LogP contribution is -2.03. The monoisotopic (exact) mass is 276 g/mol. The van der Waals surface area contributed by atoms with Crippen LogP contribution in [0.4, 0.5) is 13.2 Å². The van der Waals surface area contributed by atoms with E-state index >= 15 is 0 Å². The van der Waals surface area contributed by atoms with Gasteiger partial charge in [-0.05, 0) is 55.0 Å². The van der Waals surface area contributed by atoms with Crippen molar-refractivity contribution in [2.75, 3.05) is 0 Å². The number of ether oxygens (including phenoxy) is 1. The second-order valence-corrected chi connectivity index (χ2v) is 4.12. The first kappa shape index (κ1) is 14.0. The van der Waals surface area contributed by atoms with Crippen molar-refractivity contribution in [1.82, 2.24) is 0 Å². The summed E-state index contributed by atoms with van der Waals surface area (Å²) in [5, 5.41) is 0. The van der Waals surface area contributed by atoms with E-state index in [2.05, 4.69) is 16.6 Å². The van der Waals surface area contributed by atoms with Crippen molar-refractivity contribution in [3.63, 3.8) is 0 Å². The number of hydrogen-bond donors (Lipinski definition) is 0. The maximum absolute atomic E-state index is 12.7. The smallest absolute Gasteiger partial charge is 0.387 e. The first-order valence-electron chi connectivity index (χ1n) is 5.87. The molecular formula is C16H11F3O. The molecule has 0 saturated carbocycles. The molecule has 0 unspecified atom stereocenters. The summed E-state index contributed by atoms with van der Waals surface area (Å²) in [6.07, 6.45) is 0.